The Hall–Kier alpha value is -3.32. The molecule has 0 atom stereocenters. The van der Waals surface area contributed by atoms with Crippen molar-refractivity contribution in [2.75, 3.05) is 18.1 Å². The first-order valence-electron chi connectivity index (χ1n) is 9.85. The summed E-state index contributed by atoms with van der Waals surface area (Å²) in [5, 5.41) is 9.35. The Morgan fingerprint density at radius 3 is 2.63 bits per heavy atom. The number of halogens is 1. The molecule has 1 N–H and O–H groups in total. The SMILES string of the molecule is Cc1nc(-c2ccc(F)cc2)n(CC(=O)N2CCc3ccccc32)c(=O)c1CCO. The van der Waals surface area contributed by atoms with Crippen LogP contribution in [0.15, 0.2) is 53.3 Å². The van der Waals surface area contributed by atoms with E-state index in [0.717, 1.165) is 17.7 Å². The molecule has 1 amide bonds. The van der Waals surface area contributed by atoms with Crippen molar-refractivity contribution in [3.8, 4) is 11.4 Å². The van der Waals surface area contributed by atoms with Gasteiger partial charge >= 0.3 is 0 Å². The van der Waals surface area contributed by atoms with E-state index < -0.39 is 5.82 Å². The largest absolute Gasteiger partial charge is 0.396 e. The molecule has 2 heterocycles. The first-order chi connectivity index (χ1) is 14.5. The molecule has 3 aromatic rings. The number of para-hydroxylation sites is 1. The summed E-state index contributed by atoms with van der Waals surface area (Å²) < 4.78 is 14.7. The molecule has 0 unspecified atom stereocenters. The fourth-order valence-corrected chi connectivity index (χ4v) is 3.88. The summed E-state index contributed by atoms with van der Waals surface area (Å²) in [5.74, 6) is -0.308. The molecule has 0 saturated carbocycles. The van der Waals surface area contributed by atoms with Crippen LogP contribution in [0.5, 0.6) is 0 Å². The minimum atomic E-state index is -0.397. The second-order valence-corrected chi connectivity index (χ2v) is 7.30. The molecule has 7 heteroatoms. The van der Waals surface area contributed by atoms with Gasteiger partial charge in [-0.05, 0) is 49.2 Å². The summed E-state index contributed by atoms with van der Waals surface area (Å²) in [7, 11) is 0. The van der Waals surface area contributed by atoms with E-state index in [1.165, 1.54) is 28.8 Å². The Morgan fingerprint density at radius 1 is 1.17 bits per heavy atom. The monoisotopic (exact) mass is 407 g/mol. The predicted octanol–water partition coefficient (Wildman–Crippen LogP) is 2.48. The average Bonchev–Trinajstić information content (AvgIpc) is 3.18. The van der Waals surface area contributed by atoms with Crippen LogP contribution in [0, 0.1) is 12.7 Å². The van der Waals surface area contributed by atoms with Gasteiger partial charge in [-0.3, -0.25) is 14.2 Å². The molecule has 0 aliphatic carbocycles. The Bertz CT molecular complexity index is 1160. The zero-order valence-corrected chi connectivity index (χ0v) is 16.6. The predicted molar refractivity (Wildman–Crippen MR) is 112 cm³/mol. The number of nitrogens with zero attached hydrogens (tertiary/aromatic N) is 3. The van der Waals surface area contributed by atoms with Gasteiger partial charge in [-0.2, -0.15) is 0 Å². The highest BCUT2D eigenvalue weighted by Gasteiger charge is 2.26. The molecular formula is C23H22FN3O3. The third-order valence-corrected chi connectivity index (χ3v) is 5.42. The van der Waals surface area contributed by atoms with Gasteiger partial charge in [-0.15, -0.1) is 0 Å². The van der Waals surface area contributed by atoms with Crippen molar-refractivity contribution in [3.63, 3.8) is 0 Å². The second kappa shape index (κ2) is 8.20. The highest BCUT2D eigenvalue weighted by Crippen LogP contribution is 2.28. The molecule has 0 saturated heterocycles. The van der Waals surface area contributed by atoms with Crippen LogP contribution in [0.4, 0.5) is 10.1 Å². The molecule has 0 bridgehead atoms. The Morgan fingerprint density at radius 2 is 1.90 bits per heavy atom. The topological polar surface area (TPSA) is 75.4 Å². The van der Waals surface area contributed by atoms with Gasteiger partial charge in [0.25, 0.3) is 5.56 Å². The van der Waals surface area contributed by atoms with Crippen LogP contribution in [0.1, 0.15) is 16.8 Å². The fourth-order valence-electron chi connectivity index (χ4n) is 3.88. The number of amides is 1. The number of hydrogen-bond acceptors (Lipinski definition) is 4. The van der Waals surface area contributed by atoms with E-state index in [4.69, 9.17) is 0 Å². The minimum Gasteiger partial charge on any atom is -0.396 e. The summed E-state index contributed by atoms with van der Waals surface area (Å²) in [6.45, 7) is 1.87. The minimum absolute atomic E-state index is 0.155. The number of anilines is 1. The highest BCUT2D eigenvalue weighted by atomic mass is 19.1. The average molecular weight is 407 g/mol. The summed E-state index contributed by atoms with van der Waals surface area (Å²) >= 11 is 0. The van der Waals surface area contributed by atoms with Crippen molar-refractivity contribution in [1.82, 2.24) is 9.55 Å². The first kappa shape index (κ1) is 20.0. The Balaban J connectivity index is 1.77. The van der Waals surface area contributed by atoms with Gasteiger partial charge in [0.05, 0.1) is 0 Å². The normalized spacial score (nSPS) is 12.8. The van der Waals surface area contributed by atoms with Crippen LogP contribution >= 0.6 is 0 Å². The lowest BCUT2D eigenvalue weighted by Gasteiger charge is -2.20. The maximum atomic E-state index is 13.4. The van der Waals surface area contributed by atoms with Crippen LogP contribution in [0.25, 0.3) is 11.4 Å². The zero-order valence-electron chi connectivity index (χ0n) is 16.6. The van der Waals surface area contributed by atoms with Crippen LogP contribution in [-0.2, 0) is 24.2 Å². The number of carbonyl (C=O) groups excluding carboxylic acids is 1. The molecule has 0 fully saturated rings. The van der Waals surface area contributed by atoms with Crippen LogP contribution in [-0.4, -0.2) is 33.7 Å². The van der Waals surface area contributed by atoms with E-state index in [1.54, 1.807) is 11.8 Å². The van der Waals surface area contributed by atoms with Crippen molar-refractivity contribution in [2.24, 2.45) is 0 Å². The number of benzene rings is 2. The fraction of sp³-hybridized carbons (Fsp3) is 0.261. The number of rotatable bonds is 5. The number of carbonyl (C=O) groups is 1. The van der Waals surface area contributed by atoms with Crippen molar-refractivity contribution >= 4 is 11.6 Å². The standard InChI is InChI=1S/C23H22FN3O3/c1-15-19(11-13-28)23(30)27(22(25-15)17-6-8-18(24)9-7-17)14-21(29)26-12-10-16-4-2-3-5-20(16)26/h2-9,28H,10-14H2,1H3. The van der Waals surface area contributed by atoms with Gasteiger partial charge in [-0.1, -0.05) is 18.2 Å². The van der Waals surface area contributed by atoms with E-state index in [-0.39, 0.29) is 31.0 Å². The molecule has 0 radical (unpaired) electrons. The number of aryl methyl sites for hydroxylation is 1. The van der Waals surface area contributed by atoms with Gasteiger partial charge < -0.3 is 10.0 Å². The molecule has 6 nitrogen and oxygen atoms in total. The van der Waals surface area contributed by atoms with Crippen molar-refractivity contribution in [3.05, 3.63) is 81.5 Å². The number of hydrogen-bond donors (Lipinski definition) is 1. The first-order valence-corrected chi connectivity index (χ1v) is 9.85. The van der Waals surface area contributed by atoms with E-state index >= 15 is 0 Å². The number of aromatic nitrogens is 2. The maximum absolute atomic E-state index is 13.4. The van der Waals surface area contributed by atoms with Gasteiger partial charge in [0.15, 0.2) is 0 Å². The van der Waals surface area contributed by atoms with E-state index in [9.17, 15) is 19.1 Å². The number of fused-ring (bicyclic) bond motifs is 1. The molecule has 2 aromatic carbocycles. The van der Waals surface area contributed by atoms with Gasteiger partial charge in [0.1, 0.15) is 18.2 Å². The van der Waals surface area contributed by atoms with Crippen molar-refractivity contribution < 1.29 is 14.3 Å². The van der Waals surface area contributed by atoms with E-state index in [1.807, 2.05) is 24.3 Å². The quantitative estimate of drug-likeness (QED) is 0.705. The van der Waals surface area contributed by atoms with Crippen LogP contribution in [0.2, 0.25) is 0 Å². The number of aliphatic hydroxyl groups is 1. The van der Waals surface area contributed by atoms with E-state index in [0.29, 0.717) is 29.2 Å². The zero-order chi connectivity index (χ0) is 21.3. The van der Waals surface area contributed by atoms with E-state index in [2.05, 4.69) is 4.98 Å². The van der Waals surface area contributed by atoms with Crippen molar-refractivity contribution in [2.45, 2.75) is 26.3 Å². The summed E-state index contributed by atoms with van der Waals surface area (Å²) in [4.78, 5) is 32.6. The second-order valence-electron chi connectivity index (χ2n) is 7.30. The maximum Gasteiger partial charge on any atom is 0.257 e. The van der Waals surface area contributed by atoms with Gasteiger partial charge in [-0.25, -0.2) is 9.37 Å². The van der Waals surface area contributed by atoms with Crippen LogP contribution < -0.4 is 10.5 Å². The molecule has 4 rings (SSSR count). The summed E-state index contributed by atoms with van der Waals surface area (Å²) in [5.41, 5.74) is 2.99. The van der Waals surface area contributed by atoms with Crippen molar-refractivity contribution in [1.29, 1.82) is 0 Å². The lowest BCUT2D eigenvalue weighted by molar-refractivity contribution is -0.119. The molecule has 1 aliphatic rings. The summed E-state index contributed by atoms with van der Waals surface area (Å²) in [6.07, 6.45) is 0.922. The lowest BCUT2D eigenvalue weighted by atomic mass is 10.1. The van der Waals surface area contributed by atoms with Gasteiger partial charge in [0, 0.05) is 42.1 Å². The molecule has 1 aromatic heterocycles. The number of aliphatic hydroxyl groups excluding tert-OH is 1. The molecule has 30 heavy (non-hydrogen) atoms. The highest BCUT2D eigenvalue weighted by molar-refractivity contribution is 5.95. The third-order valence-electron chi connectivity index (χ3n) is 5.42. The molecule has 154 valence electrons. The Kier molecular flexibility index (Phi) is 5.46. The van der Waals surface area contributed by atoms with Crippen LogP contribution in [0.3, 0.4) is 0 Å². The van der Waals surface area contributed by atoms with Gasteiger partial charge in [0.2, 0.25) is 5.91 Å². The molecule has 0 spiro atoms. The summed E-state index contributed by atoms with van der Waals surface area (Å²) in [6, 6.07) is 13.4. The Labute approximate surface area is 173 Å². The molecular weight excluding hydrogens is 385 g/mol. The smallest absolute Gasteiger partial charge is 0.257 e. The lowest BCUT2D eigenvalue weighted by Crippen LogP contribution is -2.38. The third kappa shape index (κ3) is 3.64. The molecule has 1 aliphatic heterocycles.